The number of hydrogen-bond donors (Lipinski definition) is 1. The SMILES string of the molecule is CCOc1cc2c(cc1NC(=O)CC1CCc3ccccc31)OC(C)C2. The van der Waals surface area contributed by atoms with Gasteiger partial charge in [0.25, 0.3) is 0 Å². The maximum atomic E-state index is 12.7. The van der Waals surface area contributed by atoms with Crippen molar-refractivity contribution in [2.24, 2.45) is 0 Å². The minimum Gasteiger partial charge on any atom is -0.492 e. The number of fused-ring (bicyclic) bond motifs is 2. The molecule has 0 aromatic heterocycles. The quantitative estimate of drug-likeness (QED) is 0.865. The fourth-order valence-corrected chi connectivity index (χ4v) is 4.09. The van der Waals surface area contributed by atoms with Gasteiger partial charge in [-0.1, -0.05) is 24.3 Å². The van der Waals surface area contributed by atoms with Crippen molar-refractivity contribution in [3.8, 4) is 11.5 Å². The van der Waals surface area contributed by atoms with Gasteiger partial charge in [0.15, 0.2) is 0 Å². The van der Waals surface area contributed by atoms with Gasteiger partial charge in [-0.05, 0) is 49.8 Å². The Morgan fingerprint density at radius 2 is 2.12 bits per heavy atom. The lowest BCUT2D eigenvalue weighted by atomic mass is 9.97. The first kappa shape index (κ1) is 17.0. The van der Waals surface area contributed by atoms with Gasteiger partial charge in [-0.2, -0.15) is 0 Å². The first-order valence-electron chi connectivity index (χ1n) is 9.48. The van der Waals surface area contributed by atoms with E-state index in [4.69, 9.17) is 9.47 Å². The number of nitrogens with one attached hydrogen (secondary N) is 1. The average molecular weight is 351 g/mol. The van der Waals surface area contributed by atoms with Crippen LogP contribution in [0.25, 0.3) is 0 Å². The Morgan fingerprint density at radius 3 is 2.96 bits per heavy atom. The number of anilines is 1. The van der Waals surface area contributed by atoms with Gasteiger partial charge in [-0.25, -0.2) is 0 Å². The minimum atomic E-state index is 0.0265. The van der Waals surface area contributed by atoms with E-state index >= 15 is 0 Å². The number of ether oxygens (including phenoxy) is 2. The van der Waals surface area contributed by atoms with Crippen LogP contribution in [0.4, 0.5) is 5.69 Å². The van der Waals surface area contributed by atoms with E-state index < -0.39 is 0 Å². The van der Waals surface area contributed by atoms with Crippen molar-refractivity contribution >= 4 is 11.6 Å². The maximum Gasteiger partial charge on any atom is 0.225 e. The molecule has 26 heavy (non-hydrogen) atoms. The predicted octanol–water partition coefficient (Wildman–Crippen LogP) is 4.47. The monoisotopic (exact) mass is 351 g/mol. The van der Waals surface area contributed by atoms with Gasteiger partial charge >= 0.3 is 0 Å². The number of benzene rings is 2. The number of carbonyl (C=O) groups excluding carboxylic acids is 1. The van der Waals surface area contributed by atoms with Crippen LogP contribution in [0.3, 0.4) is 0 Å². The Labute approximate surface area is 154 Å². The third-order valence-corrected chi connectivity index (χ3v) is 5.26. The van der Waals surface area contributed by atoms with Crippen molar-refractivity contribution in [3.63, 3.8) is 0 Å². The van der Waals surface area contributed by atoms with Crippen LogP contribution < -0.4 is 14.8 Å². The molecule has 0 fully saturated rings. The summed E-state index contributed by atoms with van der Waals surface area (Å²) in [6.07, 6.45) is 3.64. The number of carbonyl (C=O) groups is 1. The van der Waals surface area contributed by atoms with Crippen molar-refractivity contribution < 1.29 is 14.3 Å². The summed E-state index contributed by atoms with van der Waals surface area (Å²) in [4.78, 5) is 12.7. The summed E-state index contributed by atoms with van der Waals surface area (Å²) in [5.41, 5.74) is 4.54. The average Bonchev–Trinajstić information content (AvgIpc) is 3.18. The van der Waals surface area contributed by atoms with E-state index in [1.807, 2.05) is 19.1 Å². The highest BCUT2D eigenvalue weighted by Crippen LogP contribution is 2.39. The van der Waals surface area contributed by atoms with Crippen LogP contribution in [0.15, 0.2) is 36.4 Å². The topological polar surface area (TPSA) is 47.6 Å². The zero-order valence-corrected chi connectivity index (χ0v) is 15.4. The first-order chi connectivity index (χ1) is 12.6. The second-order valence-corrected chi connectivity index (χ2v) is 7.21. The minimum absolute atomic E-state index is 0.0265. The van der Waals surface area contributed by atoms with Crippen molar-refractivity contribution in [2.75, 3.05) is 11.9 Å². The van der Waals surface area contributed by atoms with E-state index in [2.05, 4.69) is 36.5 Å². The van der Waals surface area contributed by atoms with E-state index in [-0.39, 0.29) is 12.0 Å². The first-order valence-corrected chi connectivity index (χ1v) is 9.48. The summed E-state index contributed by atoms with van der Waals surface area (Å²) in [5, 5.41) is 3.05. The Bertz CT molecular complexity index is 830. The van der Waals surface area contributed by atoms with Crippen LogP contribution in [0.1, 0.15) is 49.3 Å². The van der Waals surface area contributed by atoms with Crippen molar-refractivity contribution in [2.45, 2.75) is 51.6 Å². The Kier molecular flexibility index (Phi) is 4.58. The Hall–Kier alpha value is -2.49. The van der Waals surface area contributed by atoms with Crippen LogP contribution in [-0.2, 0) is 17.6 Å². The lowest BCUT2D eigenvalue weighted by Crippen LogP contribution is -2.15. The zero-order chi connectivity index (χ0) is 18.1. The van der Waals surface area contributed by atoms with Crippen LogP contribution in [0.2, 0.25) is 0 Å². The molecule has 0 spiro atoms. The summed E-state index contributed by atoms with van der Waals surface area (Å²) >= 11 is 0. The summed E-state index contributed by atoms with van der Waals surface area (Å²) in [6.45, 7) is 4.57. The molecule has 2 aromatic rings. The molecular weight excluding hydrogens is 326 g/mol. The molecule has 0 radical (unpaired) electrons. The molecule has 2 unspecified atom stereocenters. The maximum absolute atomic E-state index is 12.7. The molecule has 2 aliphatic rings. The molecule has 2 atom stereocenters. The van der Waals surface area contributed by atoms with Crippen LogP contribution in [0.5, 0.6) is 11.5 Å². The van der Waals surface area contributed by atoms with Crippen molar-refractivity contribution in [1.29, 1.82) is 0 Å². The van der Waals surface area contributed by atoms with Crippen LogP contribution in [0, 0.1) is 0 Å². The third kappa shape index (κ3) is 3.28. The zero-order valence-electron chi connectivity index (χ0n) is 15.4. The third-order valence-electron chi connectivity index (χ3n) is 5.26. The number of rotatable bonds is 5. The van der Waals surface area contributed by atoms with E-state index in [1.165, 1.54) is 11.1 Å². The van der Waals surface area contributed by atoms with Gasteiger partial charge in [0.1, 0.15) is 17.6 Å². The Morgan fingerprint density at radius 1 is 1.27 bits per heavy atom. The molecule has 0 bridgehead atoms. The second kappa shape index (κ2) is 7.02. The molecule has 4 nitrogen and oxygen atoms in total. The van der Waals surface area contributed by atoms with Gasteiger partial charge in [0, 0.05) is 24.5 Å². The summed E-state index contributed by atoms with van der Waals surface area (Å²) < 4.78 is 11.6. The summed E-state index contributed by atoms with van der Waals surface area (Å²) in [7, 11) is 0. The highest BCUT2D eigenvalue weighted by Gasteiger charge is 2.26. The lowest BCUT2D eigenvalue weighted by Gasteiger charge is -2.15. The summed E-state index contributed by atoms with van der Waals surface area (Å²) in [6, 6.07) is 12.4. The number of amides is 1. The molecule has 1 amide bonds. The molecule has 0 saturated heterocycles. The van der Waals surface area contributed by atoms with Gasteiger partial charge in [-0.3, -0.25) is 4.79 Å². The molecular formula is C22H25NO3. The van der Waals surface area contributed by atoms with Crippen LogP contribution >= 0.6 is 0 Å². The number of hydrogen-bond acceptors (Lipinski definition) is 3. The number of aryl methyl sites for hydroxylation is 1. The lowest BCUT2D eigenvalue weighted by molar-refractivity contribution is -0.116. The van der Waals surface area contributed by atoms with E-state index in [1.54, 1.807) is 0 Å². The highest BCUT2D eigenvalue weighted by atomic mass is 16.5. The van der Waals surface area contributed by atoms with Gasteiger partial charge in [0.05, 0.1) is 12.3 Å². The molecule has 4 rings (SSSR count). The predicted molar refractivity (Wildman–Crippen MR) is 102 cm³/mol. The fourth-order valence-electron chi connectivity index (χ4n) is 4.09. The molecule has 1 N–H and O–H groups in total. The highest BCUT2D eigenvalue weighted by molar-refractivity contribution is 5.93. The van der Waals surface area contributed by atoms with Crippen LogP contribution in [-0.4, -0.2) is 18.6 Å². The Balaban J connectivity index is 1.50. The molecule has 2 aromatic carbocycles. The van der Waals surface area contributed by atoms with Gasteiger partial charge in [-0.15, -0.1) is 0 Å². The molecule has 1 heterocycles. The van der Waals surface area contributed by atoms with E-state index in [9.17, 15) is 4.79 Å². The smallest absolute Gasteiger partial charge is 0.225 e. The summed E-state index contributed by atoms with van der Waals surface area (Å²) in [5.74, 6) is 1.90. The van der Waals surface area contributed by atoms with Crippen molar-refractivity contribution in [1.82, 2.24) is 0 Å². The standard InChI is InChI=1S/C22H25NO3/c1-3-25-21-11-17-10-14(2)26-20(17)13-19(21)23-22(24)12-16-9-8-15-6-4-5-7-18(15)16/h4-7,11,13-14,16H,3,8-10,12H2,1-2H3,(H,23,24). The largest absolute Gasteiger partial charge is 0.492 e. The molecule has 4 heteroatoms. The van der Waals surface area contributed by atoms with E-state index in [0.717, 1.165) is 36.3 Å². The fraction of sp³-hybridized carbons (Fsp3) is 0.409. The van der Waals surface area contributed by atoms with Gasteiger partial charge < -0.3 is 14.8 Å². The van der Waals surface area contributed by atoms with Gasteiger partial charge in [0.2, 0.25) is 5.91 Å². The molecule has 1 aliphatic carbocycles. The molecule has 0 saturated carbocycles. The van der Waals surface area contributed by atoms with E-state index in [0.29, 0.717) is 24.6 Å². The normalized spacial score (nSPS) is 20.2. The second-order valence-electron chi connectivity index (χ2n) is 7.21. The van der Waals surface area contributed by atoms with Crippen molar-refractivity contribution in [3.05, 3.63) is 53.1 Å². The molecule has 1 aliphatic heterocycles. The molecule has 136 valence electrons.